The number of amides is 1. The van der Waals surface area contributed by atoms with E-state index in [2.05, 4.69) is 10.6 Å². The predicted octanol–water partition coefficient (Wildman–Crippen LogP) is 0.426. The fourth-order valence-electron chi connectivity index (χ4n) is 1.48. The summed E-state index contributed by atoms with van der Waals surface area (Å²) in [6.45, 7) is 2.68. The largest absolute Gasteiger partial charge is 0.497 e. The van der Waals surface area contributed by atoms with Gasteiger partial charge < -0.3 is 24.8 Å². The molecule has 0 radical (unpaired) electrons. The number of rotatable bonds is 10. The van der Waals surface area contributed by atoms with Gasteiger partial charge in [-0.25, -0.2) is 0 Å². The summed E-state index contributed by atoms with van der Waals surface area (Å²) in [6, 6.07) is 7.14. The third kappa shape index (κ3) is 6.96. The van der Waals surface area contributed by atoms with Crippen molar-refractivity contribution in [3.05, 3.63) is 24.3 Å². The highest BCUT2D eigenvalue weighted by Crippen LogP contribution is 2.18. The second kappa shape index (κ2) is 10.1. The van der Waals surface area contributed by atoms with Crippen LogP contribution in [-0.4, -0.2) is 53.0 Å². The van der Waals surface area contributed by atoms with Crippen molar-refractivity contribution in [1.29, 1.82) is 0 Å². The molecule has 0 aromatic heterocycles. The molecule has 2 N–H and O–H groups in total. The number of methoxy groups -OCH3 is 2. The van der Waals surface area contributed by atoms with Crippen LogP contribution in [0.15, 0.2) is 24.3 Å². The lowest BCUT2D eigenvalue weighted by Crippen LogP contribution is -2.35. The lowest BCUT2D eigenvalue weighted by Gasteiger charge is -2.09. The number of carbonyl (C=O) groups is 1. The first kappa shape index (κ1) is 16.3. The Labute approximate surface area is 119 Å². The lowest BCUT2D eigenvalue weighted by atomic mass is 10.3. The summed E-state index contributed by atoms with van der Waals surface area (Å²) in [5, 5.41) is 5.89. The van der Waals surface area contributed by atoms with Gasteiger partial charge in [0.15, 0.2) is 6.61 Å². The van der Waals surface area contributed by atoms with Gasteiger partial charge in [0.2, 0.25) is 0 Å². The van der Waals surface area contributed by atoms with Crippen molar-refractivity contribution in [1.82, 2.24) is 10.6 Å². The molecule has 6 nitrogen and oxygen atoms in total. The number of nitrogens with one attached hydrogen (secondary N) is 2. The molecule has 0 saturated heterocycles. The average Bonchev–Trinajstić information content (AvgIpc) is 2.49. The van der Waals surface area contributed by atoms with E-state index in [4.69, 9.17) is 14.2 Å². The molecule has 0 aliphatic carbocycles. The van der Waals surface area contributed by atoms with Crippen LogP contribution >= 0.6 is 0 Å². The smallest absolute Gasteiger partial charge is 0.257 e. The molecule has 0 atom stereocenters. The third-order valence-electron chi connectivity index (χ3n) is 2.52. The van der Waals surface area contributed by atoms with Crippen LogP contribution in [0, 0.1) is 0 Å². The van der Waals surface area contributed by atoms with Gasteiger partial charge in [0.1, 0.15) is 11.5 Å². The molecule has 1 rings (SSSR count). The maximum Gasteiger partial charge on any atom is 0.257 e. The van der Waals surface area contributed by atoms with Crippen molar-refractivity contribution < 1.29 is 19.0 Å². The van der Waals surface area contributed by atoms with E-state index >= 15 is 0 Å². The Morgan fingerprint density at radius 1 is 1.15 bits per heavy atom. The van der Waals surface area contributed by atoms with Crippen LogP contribution in [-0.2, 0) is 9.53 Å². The Kier molecular flexibility index (Phi) is 8.17. The normalized spacial score (nSPS) is 10.1. The first-order valence-electron chi connectivity index (χ1n) is 6.49. The maximum absolute atomic E-state index is 11.5. The number of ether oxygens (including phenoxy) is 3. The Morgan fingerprint density at radius 2 is 1.95 bits per heavy atom. The van der Waals surface area contributed by atoms with Gasteiger partial charge >= 0.3 is 0 Å². The summed E-state index contributed by atoms with van der Waals surface area (Å²) in [6.07, 6.45) is 0. The van der Waals surface area contributed by atoms with Crippen LogP contribution in [0.5, 0.6) is 11.5 Å². The molecule has 1 amide bonds. The molecule has 0 saturated carbocycles. The molecule has 20 heavy (non-hydrogen) atoms. The summed E-state index contributed by atoms with van der Waals surface area (Å²) >= 11 is 0. The summed E-state index contributed by atoms with van der Waals surface area (Å²) in [5.74, 6) is 1.16. The van der Waals surface area contributed by atoms with E-state index < -0.39 is 0 Å². The fourth-order valence-corrected chi connectivity index (χ4v) is 1.48. The lowest BCUT2D eigenvalue weighted by molar-refractivity contribution is -0.123. The molecule has 0 aliphatic heterocycles. The number of carbonyl (C=O) groups excluding carboxylic acids is 1. The van der Waals surface area contributed by atoms with Crippen LogP contribution in [0.2, 0.25) is 0 Å². The van der Waals surface area contributed by atoms with Crippen LogP contribution in [0.25, 0.3) is 0 Å². The highest BCUT2D eigenvalue weighted by atomic mass is 16.5. The van der Waals surface area contributed by atoms with E-state index in [1.807, 2.05) is 12.1 Å². The Hall–Kier alpha value is -1.79. The van der Waals surface area contributed by atoms with Crippen molar-refractivity contribution in [2.75, 3.05) is 47.1 Å². The van der Waals surface area contributed by atoms with Crippen molar-refractivity contribution >= 4 is 5.91 Å². The van der Waals surface area contributed by atoms with Gasteiger partial charge in [0.25, 0.3) is 5.91 Å². The van der Waals surface area contributed by atoms with Gasteiger partial charge in [-0.2, -0.15) is 0 Å². The van der Waals surface area contributed by atoms with Crippen LogP contribution in [0.4, 0.5) is 0 Å². The minimum absolute atomic E-state index is 0.00869. The summed E-state index contributed by atoms with van der Waals surface area (Å²) in [5.41, 5.74) is 0. The molecule has 1 aromatic carbocycles. The second-order valence-corrected chi connectivity index (χ2v) is 4.06. The molecule has 0 unspecified atom stereocenters. The van der Waals surface area contributed by atoms with Gasteiger partial charge in [-0.3, -0.25) is 4.79 Å². The first-order valence-corrected chi connectivity index (χ1v) is 6.49. The van der Waals surface area contributed by atoms with Gasteiger partial charge in [-0.05, 0) is 12.1 Å². The fraction of sp³-hybridized carbons (Fsp3) is 0.500. The van der Waals surface area contributed by atoms with Crippen molar-refractivity contribution in [3.8, 4) is 11.5 Å². The van der Waals surface area contributed by atoms with Gasteiger partial charge in [0.05, 0.1) is 13.7 Å². The van der Waals surface area contributed by atoms with Gasteiger partial charge in [0, 0.05) is 32.8 Å². The Bertz CT molecular complexity index is 399. The quantitative estimate of drug-likeness (QED) is 0.609. The zero-order chi connectivity index (χ0) is 14.6. The van der Waals surface area contributed by atoms with E-state index in [1.54, 1.807) is 26.4 Å². The van der Waals surface area contributed by atoms with E-state index in [-0.39, 0.29) is 12.5 Å². The van der Waals surface area contributed by atoms with Gasteiger partial charge in [-0.1, -0.05) is 6.07 Å². The minimum Gasteiger partial charge on any atom is -0.497 e. The zero-order valence-corrected chi connectivity index (χ0v) is 12.0. The number of hydrogen-bond donors (Lipinski definition) is 2. The number of benzene rings is 1. The molecule has 0 bridgehead atoms. The zero-order valence-electron chi connectivity index (χ0n) is 12.0. The molecular formula is C14H22N2O4. The highest BCUT2D eigenvalue weighted by Gasteiger charge is 2.02. The first-order chi connectivity index (χ1) is 9.76. The van der Waals surface area contributed by atoms with E-state index in [9.17, 15) is 4.79 Å². The summed E-state index contributed by atoms with van der Waals surface area (Å²) < 4.78 is 15.3. The van der Waals surface area contributed by atoms with E-state index in [0.29, 0.717) is 31.2 Å². The highest BCUT2D eigenvalue weighted by molar-refractivity contribution is 5.77. The van der Waals surface area contributed by atoms with Crippen LogP contribution in [0.1, 0.15) is 0 Å². The molecular weight excluding hydrogens is 260 g/mol. The van der Waals surface area contributed by atoms with Crippen LogP contribution in [0.3, 0.4) is 0 Å². The van der Waals surface area contributed by atoms with Gasteiger partial charge in [-0.15, -0.1) is 0 Å². The SMILES string of the molecule is COCCNCCNC(=O)COc1cccc(OC)c1. The monoisotopic (exact) mass is 282 g/mol. The maximum atomic E-state index is 11.5. The molecule has 6 heteroatoms. The summed E-state index contributed by atoms with van der Waals surface area (Å²) in [4.78, 5) is 11.5. The van der Waals surface area contributed by atoms with Crippen molar-refractivity contribution in [2.24, 2.45) is 0 Å². The van der Waals surface area contributed by atoms with E-state index in [1.165, 1.54) is 0 Å². The van der Waals surface area contributed by atoms with E-state index in [0.717, 1.165) is 6.54 Å². The van der Waals surface area contributed by atoms with Crippen molar-refractivity contribution in [2.45, 2.75) is 0 Å². The molecule has 0 aliphatic rings. The summed E-state index contributed by atoms with van der Waals surface area (Å²) in [7, 11) is 3.24. The predicted molar refractivity (Wildman–Crippen MR) is 76.2 cm³/mol. The molecule has 1 aromatic rings. The topological polar surface area (TPSA) is 68.8 Å². The molecule has 0 spiro atoms. The minimum atomic E-state index is -0.152. The third-order valence-corrected chi connectivity index (χ3v) is 2.52. The Morgan fingerprint density at radius 3 is 2.70 bits per heavy atom. The standard InChI is InChI=1S/C14H22N2O4/c1-18-9-8-15-6-7-16-14(17)11-20-13-5-3-4-12(10-13)19-2/h3-5,10,15H,6-9,11H2,1-2H3,(H,16,17). The molecule has 0 fully saturated rings. The molecule has 0 heterocycles. The molecule has 112 valence electrons. The van der Waals surface area contributed by atoms with Crippen LogP contribution < -0.4 is 20.1 Å². The average molecular weight is 282 g/mol. The van der Waals surface area contributed by atoms with Crippen molar-refractivity contribution in [3.63, 3.8) is 0 Å². The Balaban J connectivity index is 2.13. The second-order valence-electron chi connectivity index (χ2n) is 4.06. The number of hydrogen-bond acceptors (Lipinski definition) is 5.